The van der Waals surface area contributed by atoms with Gasteiger partial charge in [0.25, 0.3) is 0 Å². The van der Waals surface area contributed by atoms with E-state index in [1.54, 1.807) is 0 Å². The Labute approximate surface area is 109 Å². The highest BCUT2D eigenvalue weighted by molar-refractivity contribution is 5.51. The lowest BCUT2D eigenvalue weighted by Gasteiger charge is -2.36. The topological polar surface area (TPSA) is 58.3 Å². The van der Waals surface area contributed by atoms with Crippen LogP contribution >= 0.6 is 0 Å². The summed E-state index contributed by atoms with van der Waals surface area (Å²) in [5.41, 5.74) is 6.90. The molecule has 0 spiro atoms. The van der Waals surface area contributed by atoms with Gasteiger partial charge in [0.2, 0.25) is 0 Å². The second-order valence-corrected chi connectivity index (χ2v) is 5.55. The molecule has 0 aromatic heterocycles. The average Bonchev–Trinajstić information content (AvgIpc) is 2.39. The molecule has 1 aromatic rings. The van der Waals surface area contributed by atoms with Crippen LogP contribution in [0.25, 0.3) is 0 Å². The molecule has 0 saturated heterocycles. The lowest BCUT2D eigenvalue weighted by molar-refractivity contribution is 0.00229. The van der Waals surface area contributed by atoms with Gasteiger partial charge in [-0.05, 0) is 55.9 Å². The van der Waals surface area contributed by atoms with Crippen LogP contribution in [0, 0.1) is 5.92 Å². The van der Waals surface area contributed by atoms with E-state index in [1.165, 1.54) is 6.42 Å². The molecule has 1 aliphatic rings. The van der Waals surface area contributed by atoms with Crippen LogP contribution in [0.15, 0.2) is 24.3 Å². The number of nitrogen functional groups attached to an aromatic ring is 1. The van der Waals surface area contributed by atoms with Gasteiger partial charge in [-0.3, -0.25) is 0 Å². The number of nitrogens with two attached hydrogens (primary N) is 1. The molecule has 1 fully saturated rings. The van der Waals surface area contributed by atoms with Gasteiger partial charge in [0, 0.05) is 17.9 Å². The van der Waals surface area contributed by atoms with Crippen molar-refractivity contribution in [2.45, 2.75) is 44.6 Å². The molecule has 0 radical (unpaired) electrons. The zero-order chi connectivity index (χ0) is 13.0. The molecule has 18 heavy (non-hydrogen) atoms. The van der Waals surface area contributed by atoms with E-state index < -0.39 is 5.60 Å². The van der Waals surface area contributed by atoms with Gasteiger partial charge < -0.3 is 16.2 Å². The van der Waals surface area contributed by atoms with Crippen molar-refractivity contribution in [2.75, 3.05) is 17.6 Å². The Morgan fingerprint density at radius 3 is 2.44 bits per heavy atom. The number of anilines is 2. The Balaban J connectivity index is 1.84. The number of benzene rings is 1. The molecule has 3 heteroatoms. The third-order valence-corrected chi connectivity index (χ3v) is 4.15. The van der Waals surface area contributed by atoms with Crippen LogP contribution < -0.4 is 11.1 Å². The molecule has 1 saturated carbocycles. The first-order valence-electron chi connectivity index (χ1n) is 6.93. The van der Waals surface area contributed by atoms with Crippen molar-refractivity contribution < 1.29 is 5.11 Å². The molecule has 0 atom stereocenters. The first kappa shape index (κ1) is 13.2. The van der Waals surface area contributed by atoms with Gasteiger partial charge in [0.1, 0.15) is 0 Å². The van der Waals surface area contributed by atoms with Crippen molar-refractivity contribution in [3.8, 4) is 0 Å². The van der Waals surface area contributed by atoms with Crippen LogP contribution in [0.3, 0.4) is 0 Å². The van der Waals surface area contributed by atoms with Crippen molar-refractivity contribution in [3.05, 3.63) is 24.3 Å². The summed E-state index contributed by atoms with van der Waals surface area (Å²) in [4.78, 5) is 0. The molecule has 0 aliphatic heterocycles. The van der Waals surface area contributed by atoms with Crippen LogP contribution in [-0.4, -0.2) is 17.3 Å². The number of hydrogen-bond acceptors (Lipinski definition) is 3. The lowest BCUT2D eigenvalue weighted by Crippen LogP contribution is -2.40. The zero-order valence-corrected chi connectivity index (χ0v) is 11.2. The van der Waals surface area contributed by atoms with Crippen molar-refractivity contribution in [3.63, 3.8) is 0 Å². The van der Waals surface area contributed by atoms with Crippen molar-refractivity contribution >= 4 is 11.4 Å². The highest BCUT2D eigenvalue weighted by atomic mass is 16.3. The SMILES string of the molecule is CCC1CCC(O)(CNc2ccc(N)cc2)CC1. The van der Waals surface area contributed by atoms with Gasteiger partial charge in [-0.2, -0.15) is 0 Å². The van der Waals surface area contributed by atoms with E-state index in [1.807, 2.05) is 24.3 Å². The summed E-state index contributed by atoms with van der Waals surface area (Å²) in [6.45, 7) is 2.87. The Kier molecular flexibility index (Phi) is 4.12. The standard InChI is InChI=1S/C15H24N2O/c1-2-12-7-9-15(18,10-8-12)11-17-14-5-3-13(16)4-6-14/h3-6,12,17-18H,2,7-11,16H2,1H3. The summed E-state index contributed by atoms with van der Waals surface area (Å²) in [5, 5.41) is 13.8. The third-order valence-electron chi connectivity index (χ3n) is 4.15. The van der Waals surface area contributed by atoms with Crippen molar-refractivity contribution in [1.29, 1.82) is 0 Å². The van der Waals surface area contributed by atoms with Crippen LogP contribution in [0.5, 0.6) is 0 Å². The normalized spacial score (nSPS) is 28.0. The average molecular weight is 248 g/mol. The molecule has 4 N–H and O–H groups in total. The summed E-state index contributed by atoms with van der Waals surface area (Å²) in [6, 6.07) is 7.66. The monoisotopic (exact) mass is 248 g/mol. The Morgan fingerprint density at radius 1 is 1.28 bits per heavy atom. The summed E-state index contributed by atoms with van der Waals surface area (Å²) < 4.78 is 0. The largest absolute Gasteiger partial charge is 0.399 e. The predicted octanol–water partition coefficient (Wildman–Crippen LogP) is 3.01. The lowest BCUT2D eigenvalue weighted by atomic mass is 9.78. The summed E-state index contributed by atoms with van der Waals surface area (Å²) >= 11 is 0. The number of nitrogens with one attached hydrogen (secondary N) is 1. The quantitative estimate of drug-likeness (QED) is 0.718. The minimum absolute atomic E-state index is 0.535. The maximum atomic E-state index is 10.5. The van der Waals surface area contributed by atoms with Crippen LogP contribution in [0.4, 0.5) is 11.4 Å². The van der Waals surface area contributed by atoms with E-state index in [0.29, 0.717) is 6.54 Å². The van der Waals surface area contributed by atoms with E-state index >= 15 is 0 Å². The second kappa shape index (κ2) is 5.61. The first-order chi connectivity index (χ1) is 8.61. The maximum Gasteiger partial charge on any atom is 0.0819 e. The van der Waals surface area contributed by atoms with Gasteiger partial charge in [0.15, 0.2) is 0 Å². The fraction of sp³-hybridized carbons (Fsp3) is 0.600. The van der Waals surface area contributed by atoms with Crippen LogP contribution in [0.2, 0.25) is 0 Å². The predicted molar refractivity (Wildman–Crippen MR) is 76.5 cm³/mol. The molecular formula is C15H24N2O. The van der Waals surface area contributed by atoms with Gasteiger partial charge >= 0.3 is 0 Å². The summed E-state index contributed by atoms with van der Waals surface area (Å²) in [5.74, 6) is 0.807. The number of rotatable bonds is 4. The fourth-order valence-electron chi connectivity index (χ4n) is 2.67. The molecule has 0 heterocycles. The number of hydrogen-bond donors (Lipinski definition) is 3. The third kappa shape index (κ3) is 3.39. The van der Waals surface area contributed by atoms with E-state index in [0.717, 1.165) is 43.0 Å². The molecular weight excluding hydrogens is 224 g/mol. The highest BCUT2D eigenvalue weighted by Crippen LogP contribution is 2.33. The Bertz CT molecular complexity index is 367. The Hall–Kier alpha value is -1.22. The molecule has 0 bridgehead atoms. The Morgan fingerprint density at radius 2 is 1.89 bits per heavy atom. The minimum atomic E-state index is -0.535. The fourth-order valence-corrected chi connectivity index (χ4v) is 2.67. The number of aliphatic hydroxyl groups is 1. The van der Waals surface area contributed by atoms with Crippen molar-refractivity contribution in [2.24, 2.45) is 5.92 Å². The first-order valence-corrected chi connectivity index (χ1v) is 6.93. The molecule has 0 unspecified atom stereocenters. The zero-order valence-electron chi connectivity index (χ0n) is 11.2. The molecule has 1 aliphatic carbocycles. The second-order valence-electron chi connectivity index (χ2n) is 5.55. The van der Waals surface area contributed by atoms with E-state index in [-0.39, 0.29) is 0 Å². The molecule has 2 rings (SSSR count). The minimum Gasteiger partial charge on any atom is -0.399 e. The van der Waals surface area contributed by atoms with Gasteiger partial charge in [0.05, 0.1) is 5.60 Å². The molecule has 0 amide bonds. The molecule has 1 aromatic carbocycles. The summed E-state index contributed by atoms with van der Waals surface area (Å²) in [7, 11) is 0. The highest BCUT2D eigenvalue weighted by Gasteiger charge is 2.32. The van der Waals surface area contributed by atoms with Gasteiger partial charge in [-0.25, -0.2) is 0 Å². The van der Waals surface area contributed by atoms with Crippen LogP contribution in [-0.2, 0) is 0 Å². The summed E-state index contributed by atoms with van der Waals surface area (Å²) in [6.07, 6.45) is 5.36. The van der Waals surface area contributed by atoms with E-state index in [2.05, 4.69) is 12.2 Å². The molecule has 3 nitrogen and oxygen atoms in total. The van der Waals surface area contributed by atoms with E-state index in [9.17, 15) is 5.11 Å². The smallest absolute Gasteiger partial charge is 0.0819 e. The van der Waals surface area contributed by atoms with E-state index in [4.69, 9.17) is 5.73 Å². The maximum absolute atomic E-state index is 10.5. The van der Waals surface area contributed by atoms with Gasteiger partial charge in [-0.1, -0.05) is 13.3 Å². The van der Waals surface area contributed by atoms with Gasteiger partial charge in [-0.15, -0.1) is 0 Å². The molecule has 100 valence electrons. The van der Waals surface area contributed by atoms with Crippen LogP contribution in [0.1, 0.15) is 39.0 Å². The van der Waals surface area contributed by atoms with Crippen molar-refractivity contribution in [1.82, 2.24) is 0 Å².